The van der Waals surface area contributed by atoms with Gasteiger partial charge in [-0.3, -0.25) is 4.99 Å². The normalized spacial score (nSPS) is 16.4. The van der Waals surface area contributed by atoms with Crippen LogP contribution in [0.1, 0.15) is 31.7 Å². The molecular weight excluding hydrogens is 430 g/mol. The number of likely N-dealkylation sites (tertiary alicyclic amines) is 1. The highest BCUT2D eigenvalue weighted by Gasteiger charge is 2.19. The fraction of sp³-hybridized carbons (Fsp3) is 0.632. The van der Waals surface area contributed by atoms with Crippen LogP contribution in [0.2, 0.25) is 0 Å². The van der Waals surface area contributed by atoms with Gasteiger partial charge in [0, 0.05) is 27.2 Å². The second-order valence-corrected chi connectivity index (χ2v) is 6.70. The molecule has 0 atom stereocenters. The highest BCUT2D eigenvalue weighted by Crippen LogP contribution is 2.16. The Hall–Kier alpha value is -0.890. The summed E-state index contributed by atoms with van der Waals surface area (Å²) < 4.78 is 13.3. The summed E-state index contributed by atoms with van der Waals surface area (Å²) in [7, 11) is 3.79. The highest BCUT2D eigenvalue weighted by molar-refractivity contribution is 14.0. The van der Waals surface area contributed by atoms with E-state index < -0.39 is 0 Å². The van der Waals surface area contributed by atoms with Crippen LogP contribution in [0.5, 0.6) is 0 Å². The van der Waals surface area contributed by atoms with E-state index in [4.69, 9.17) is 0 Å². The number of halogens is 2. The van der Waals surface area contributed by atoms with Gasteiger partial charge >= 0.3 is 0 Å². The number of aliphatic imine (C=N–C) groups is 1. The molecule has 25 heavy (non-hydrogen) atoms. The molecule has 0 radical (unpaired) electrons. The minimum Gasteiger partial charge on any atom is -0.356 e. The molecule has 0 bridgehead atoms. The maximum absolute atomic E-state index is 13.3. The van der Waals surface area contributed by atoms with Crippen molar-refractivity contribution in [1.29, 1.82) is 0 Å². The monoisotopic (exact) mass is 462 g/mol. The summed E-state index contributed by atoms with van der Waals surface area (Å²) in [5, 5.41) is 3.48. The van der Waals surface area contributed by atoms with Crippen LogP contribution >= 0.6 is 24.0 Å². The van der Waals surface area contributed by atoms with Gasteiger partial charge in [-0.05, 0) is 62.5 Å². The fourth-order valence-electron chi connectivity index (χ4n) is 3.33. The molecule has 0 saturated carbocycles. The van der Waals surface area contributed by atoms with Crippen molar-refractivity contribution in [3.05, 3.63) is 35.6 Å². The molecule has 1 aliphatic rings. The number of benzene rings is 1. The number of nitrogens with zero attached hydrogens (tertiary/aromatic N) is 3. The number of guanidine groups is 1. The van der Waals surface area contributed by atoms with E-state index in [0.717, 1.165) is 18.1 Å². The molecule has 1 saturated heterocycles. The minimum absolute atomic E-state index is 0. The lowest BCUT2D eigenvalue weighted by Crippen LogP contribution is -2.43. The van der Waals surface area contributed by atoms with Gasteiger partial charge < -0.3 is 15.1 Å². The quantitative estimate of drug-likeness (QED) is 0.399. The largest absolute Gasteiger partial charge is 0.356 e. The van der Waals surface area contributed by atoms with Crippen LogP contribution in [0, 0.1) is 11.7 Å². The van der Waals surface area contributed by atoms with Gasteiger partial charge in [-0.15, -0.1) is 24.0 Å². The Kier molecular flexibility index (Phi) is 10.3. The first-order valence-corrected chi connectivity index (χ1v) is 9.01. The van der Waals surface area contributed by atoms with Gasteiger partial charge in [0.15, 0.2) is 5.96 Å². The first-order valence-electron chi connectivity index (χ1n) is 9.01. The van der Waals surface area contributed by atoms with Crippen LogP contribution in [-0.4, -0.2) is 56.0 Å². The third-order valence-corrected chi connectivity index (χ3v) is 4.68. The van der Waals surface area contributed by atoms with E-state index >= 15 is 0 Å². The molecule has 0 unspecified atom stereocenters. The average molecular weight is 462 g/mol. The molecule has 1 aliphatic heterocycles. The summed E-state index contributed by atoms with van der Waals surface area (Å²) in [5.74, 6) is 1.38. The SMILES string of the molecule is CCCN1CCC(CNC(=NC)N(C)Cc2cccc(F)c2)CC1.I. The van der Waals surface area contributed by atoms with Crippen molar-refractivity contribution >= 4 is 29.9 Å². The molecule has 1 aromatic rings. The van der Waals surface area contributed by atoms with E-state index in [2.05, 4.69) is 22.1 Å². The van der Waals surface area contributed by atoms with Gasteiger partial charge in [0.2, 0.25) is 0 Å². The number of hydrogen-bond acceptors (Lipinski definition) is 2. The zero-order valence-corrected chi connectivity index (χ0v) is 18.0. The molecule has 1 fully saturated rings. The Morgan fingerprint density at radius 3 is 2.68 bits per heavy atom. The van der Waals surface area contributed by atoms with E-state index in [-0.39, 0.29) is 29.8 Å². The summed E-state index contributed by atoms with van der Waals surface area (Å²) in [6.45, 7) is 7.48. The van der Waals surface area contributed by atoms with Crippen molar-refractivity contribution < 1.29 is 4.39 Å². The molecular formula is C19H32FIN4. The van der Waals surface area contributed by atoms with E-state index in [9.17, 15) is 4.39 Å². The van der Waals surface area contributed by atoms with E-state index in [1.807, 2.05) is 18.0 Å². The zero-order chi connectivity index (χ0) is 17.4. The Morgan fingerprint density at radius 2 is 2.08 bits per heavy atom. The first kappa shape index (κ1) is 22.2. The smallest absolute Gasteiger partial charge is 0.193 e. The lowest BCUT2D eigenvalue weighted by atomic mass is 9.97. The highest BCUT2D eigenvalue weighted by atomic mass is 127. The fourth-order valence-corrected chi connectivity index (χ4v) is 3.33. The van der Waals surface area contributed by atoms with Crippen molar-refractivity contribution in [2.75, 3.05) is 40.3 Å². The van der Waals surface area contributed by atoms with E-state index in [0.29, 0.717) is 12.5 Å². The van der Waals surface area contributed by atoms with Crippen molar-refractivity contribution in [2.24, 2.45) is 10.9 Å². The lowest BCUT2D eigenvalue weighted by molar-refractivity contribution is 0.185. The van der Waals surface area contributed by atoms with E-state index in [1.54, 1.807) is 19.2 Å². The van der Waals surface area contributed by atoms with Gasteiger partial charge in [0.05, 0.1) is 0 Å². The summed E-state index contributed by atoms with van der Waals surface area (Å²) in [5.41, 5.74) is 0.952. The molecule has 2 rings (SSSR count). The third-order valence-electron chi connectivity index (χ3n) is 4.68. The van der Waals surface area contributed by atoms with Gasteiger partial charge in [0.1, 0.15) is 5.82 Å². The maximum Gasteiger partial charge on any atom is 0.193 e. The predicted octanol–water partition coefficient (Wildman–Crippen LogP) is 3.57. The maximum atomic E-state index is 13.3. The standard InChI is InChI=1S/C19H31FN4.HI/c1-4-10-24-11-8-16(9-12-24)14-22-19(21-2)23(3)15-17-6-5-7-18(20)13-17;/h5-7,13,16H,4,8-12,14-15H2,1-3H3,(H,21,22);1H. The average Bonchev–Trinajstić information content (AvgIpc) is 2.57. The molecule has 0 aromatic heterocycles. The summed E-state index contributed by atoms with van der Waals surface area (Å²) in [6.07, 6.45) is 3.73. The first-order chi connectivity index (χ1) is 11.6. The second kappa shape index (κ2) is 11.7. The molecule has 0 spiro atoms. The van der Waals surface area contributed by atoms with Crippen LogP contribution in [-0.2, 0) is 6.54 Å². The molecule has 142 valence electrons. The molecule has 6 heteroatoms. The van der Waals surface area contributed by atoms with Crippen molar-refractivity contribution in [3.8, 4) is 0 Å². The summed E-state index contributed by atoms with van der Waals surface area (Å²) in [6, 6.07) is 6.74. The topological polar surface area (TPSA) is 30.9 Å². The van der Waals surface area contributed by atoms with Crippen LogP contribution in [0.3, 0.4) is 0 Å². The molecule has 1 N–H and O–H groups in total. The molecule has 4 nitrogen and oxygen atoms in total. The second-order valence-electron chi connectivity index (χ2n) is 6.70. The Morgan fingerprint density at radius 1 is 1.36 bits per heavy atom. The zero-order valence-electron chi connectivity index (χ0n) is 15.7. The van der Waals surface area contributed by atoms with Gasteiger partial charge in [0.25, 0.3) is 0 Å². The number of hydrogen-bond donors (Lipinski definition) is 1. The number of piperidine rings is 1. The predicted molar refractivity (Wildman–Crippen MR) is 114 cm³/mol. The van der Waals surface area contributed by atoms with Gasteiger partial charge in [-0.25, -0.2) is 4.39 Å². The molecule has 0 aliphatic carbocycles. The Labute approximate surface area is 168 Å². The molecule has 1 heterocycles. The molecule has 0 amide bonds. The van der Waals surface area contributed by atoms with E-state index in [1.165, 1.54) is 45.0 Å². The van der Waals surface area contributed by atoms with Crippen molar-refractivity contribution in [2.45, 2.75) is 32.7 Å². The third kappa shape index (κ3) is 7.48. The molecule has 1 aromatic carbocycles. The van der Waals surface area contributed by atoms with Crippen molar-refractivity contribution in [1.82, 2.24) is 15.1 Å². The minimum atomic E-state index is -0.192. The number of rotatable bonds is 6. The van der Waals surface area contributed by atoms with Crippen LogP contribution in [0.15, 0.2) is 29.3 Å². The summed E-state index contributed by atoms with van der Waals surface area (Å²) >= 11 is 0. The lowest BCUT2D eigenvalue weighted by Gasteiger charge is -2.32. The van der Waals surface area contributed by atoms with Gasteiger partial charge in [-0.2, -0.15) is 0 Å². The Bertz CT molecular complexity index is 530. The number of nitrogens with one attached hydrogen (secondary N) is 1. The van der Waals surface area contributed by atoms with Crippen LogP contribution in [0.4, 0.5) is 4.39 Å². The van der Waals surface area contributed by atoms with Crippen LogP contribution in [0.25, 0.3) is 0 Å². The Balaban J connectivity index is 0.00000312. The van der Waals surface area contributed by atoms with Crippen LogP contribution < -0.4 is 5.32 Å². The summed E-state index contributed by atoms with van der Waals surface area (Å²) in [4.78, 5) is 8.96. The van der Waals surface area contributed by atoms with Crippen molar-refractivity contribution in [3.63, 3.8) is 0 Å². The van der Waals surface area contributed by atoms with Gasteiger partial charge in [-0.1, -0.05) is 19.1 Å².